The van der Waals surface area contributed by atoms with Gasteiger partial charge < -0.3 is 24.2 Å². The number of ether oxygens (including phenoxy) is 2. The van der Waals surface area contributed by atoms with E-state index >= 15 is 0 Å². The molecule has 9 heteroatoms. The fraction of sp³-hybridized carbons (Fsp3) is 0.625. The lowest BCUT2D eigenvalue weighted by Crippen LogP contribution is -2.50. The van der Waals surface area contributed by atoms with Gasteiger partial charge in [-0.3, -0.25) is 4.79 Å². The van der Waals surface area contributed by atoms with Crippen molar-refractivity contribution in [3.63, 3.8) is 0 Å². The largest absolute Gasteiger partial charge is 0.450 e. The van der Waals surface area contributed by atoms with Crippen LogP contribution in [0.25, 0.3) is 0 Å². The summed E-state index contributed by atoms with van der Waals surface area (Å²) in [7, 11) is 0. The molecule has 1 aromatic heterocycles. The smallest absolute Gasteiger partial charge is 0.409 e. The Morgan fingerprint density at radius 1 is 1.04 bits per heavy atom. The molecule has 0 N–H and O–H groups in total. The van der Waals surface area contributed by atoms with E-state index in [1.54, 1.807) is 22.9 Å². The maximum absolute atomic E-state index is 12.5. The molecule has 1 aromatic rings. The fourth-order valence-electron chi connectivity index (χ4n) is 2.86. The van der Waals surface area contributed by atoms with Crippen molar-refractivity contribution in [1.82, 2.24) is 19.8 Å². The SMILES string of the molecule is CCOC(=O)N1CCN(C(=O)c2cnc(N3CCOCC3)cn2)CC1. The minimum atomic E-state index is -0.329. The average molecular weight is 349 g/mol. The molecule has 2 saturated heterocycles. The summed E-state index contributed by atoms with van der Waals surface area (Å²) in [5.41, 5.74) is 0.321. The second kappa shape index (κ2) is 8.11. The first kappa shape index (κ1) is 17.4. The second-order valence-corrected chi connectivity index (χ2v) is 5.84. The monoisotopic (exact) mass is 349 g/mol. The number of hydrogen-bond donors (Lipinski definition) is 0. The van der Waals surface area contributed by atoms with Crippen LogP contribution in [0.15, 0.2) is 12.4 Å². The predicted octanol–water partition coefficient (Wildman–Crippen LogP) is 0.228. The zero-order valence-electron chi connectivity index (χ0n) is 14.4. The van der Waals surface area contributed by atoms with Crippen LogP contribution in [-0.2, 0) is 9.47 Å². The van der Waals surface area contributed by atoms with Gasteiger partial charge in [-0.2, -0.15) is 0 Å². The maximum Gasteiger partial charge on any atom is 0.409 e. The van der Waals surface area contributed by atoms with Crippen LogP contribution in [0.3, 0.4) is 0 Å². The third-order valence-electron chi connectivity index (χ3n) is 4.29. The molecule has 0 atom stereocenters. The lowest BCUT2D eigenvalue weighted by molar-refractivity contribution is 0.0565. The molecular weight excluding hydrogens is 326 g/mol. The van der Waals surface area contributed by atoms with Crippen LogP contribution in [0.2, 0.25) is 0 Å². The van der Waals surface area contributed by atoms with Crippen molar-refractivity contribution in [2.75, 3.05) is 64.0 Å². The predicted molar refractivity (Wildman–Crippen MR) is 89.6 cm³/mol. The highest BCUT2D eigenvalue weighted by atomic mass is 16.6. The van der Waals surface area contributed by atoms with Gasteiger partial charge in [-0.25, -0.2) is 14.8 Å². The standard InChI is InChI=1S/C16H23N5O4/c1-2-25-16(23)21-5-3-20(4-6-21)15(22)13-11-18-14(12-17-13)19-7-9-24-10-8-19/h11-12H,2-10H2,1H3. The molecule has 25 heavy (non-hydrogen) atoms. The molecule has 0 spiro atoms. The highest BCUT2D eigenvalue weighted by molar-refractivity contribution is 5.92. The summed E-state index contributed by atoms with van der Waals surface area (Å²) in [4.78, 5) is 38.3. The number of morpholine rings is 1. The first-order valence-electron chi connectivity index (χ1n) is 8.54. The van der Waals surface area contributed by atoms with E-state index in [9.17, 15) is 9.59 Å². The third kappa shape index (κ3) is 4.16. The highest BCUT2D eigenvalue weighted by Gasteiger charge is 2.26. The minimum Gasteiger partial charge on any atom is -0.450 e. The van der Waals surface area contributed by atoms with E-state index in [0.717, 1.165) is 18.9 Å². The Balaban J connectivity index is 1.55. The summed E-state index contributed by atoms with van der Waals surface area (Å²) in [5.74, 6) is 0.594. The quantitative estimate of drug-likeness (QED) is 0.772. The normalized spacial score (nSPS) is 18.2. The number of carbonyl (C=O) groups is 2. The van der Waals surface area contributed by atoms with E-state index in [1.165, 1.54) is 6.20 Å². The van der Waals surface area contributed by atoms with Crippen molar-refractivity contribution >= 4 is 17.8 Å². The van der Waals surface area contributed by atoms with Gasteiger partial charge in [0.1, 0.15) is 11.5 Å². The first-order chi connectivity index (χ1) is 12.2. The summed E-state index contributed by atoms with van der Waals surface area (Å²) in [5, 5.41) is 0. The van der Waals surface area contributed by atoms with E-state index < -0.39 is 0 Å². The van der Waals surface area contributed by atoms with E-state index in [4.69, 9.17) is 9.47 Å². The molecule has 3 heterocycles. The van der Waals surface area contributed by atoms with Crippen LogP contribution in [0.5, 0.6) is 0 Å². The number of rotatable bonds is 3. The summed E-state index contributed by atoms with van der Waals surface area (Å²) in [6, 6.07) is 0. The van der Waals surface area contributed by atoms with E-state index in [0.29, 0.717) is 51.7 Å². The highest BCUT2D eigenvalue weighted by Crippen LogP contribution is 2.13. The van der Waals surface area contributed by atoms with Crippen LogP contribution >= 0.6 is 0 Å². The lowest BCUT2D eigenvalue weighted by Gasteiger charge is -2.33. The van der Waals surface area contributed by atoms with Crippen LogP contribution in [-0.4, -0.2) is 90.9 Å². The molecule has 0 bridgehead atoms. The topological polar surface area (TPSA) is 88.1 Å². The summed E-state index contributed by atoms with van der Waals surface area (Å²) >= 11 is 0. The average Bonchev–Trinajstić information content (AvgIpc) is 2.68. The van der Waals surface area contributed by atoms with Crippen molar-refractivity contribution in [3.8, 4) is 0 Å². The molecule has 0 radical (unpaired) electrons. The number of carbonyl (C=O) groups excluding carboxylic acids is 2. The molecule has 3 rings (SSSR count). The molecule has 9 nitrogen and oxygen atoms in total. The number of hydrogen-bond acceptors (Lipinski definition) is 7. The van der Waals surface area contributed by atoms with Gasteiger partial charge in [0.2, 0.25) is 0 Å². The Hall–Kier alpha value is -2.42. The first-order valence-corrected chi connectivity index (χ1v) is 8.54. The van der Waals surface area contributed by atoms with Crippen molar-refractivity contribution < 1.29 is 19.1 Å². The molecule has 2 amide bonds. The second-order valence-electron chi connectivity index (χ2n) is 5.84. The van der Waals surface area contributed by atoms with Crippen LogP contribution < -0.4 is 4.90 Å². The van der Waals surface area contributed by atoms with Crippen molar-refractivity contribution in [3.05, 3.63) is 18.1 Å². The fourth-order valence-corrected chi connectivity index (χ4v) is 2.86. The zero-order valence-corrected chi connectivity index (χ0v) is 14.4. The molecular formula is C16H23N5O4. The summed E-state index contributed by atoms with van der Waals surface area (Å²) < 4.78 is 10.3. The Kier molecular flexibility index (Phi) is 5.64. The Bertz CT molecular complexity index is 595. The number of amides is 2. The van der Waals surface area contributed by atoms with Crippen molar-refractivity contribution in [2.24, 2.45) is 0 Å². The number of piperazine rings is 1. The Morgan fingerprint density at radius 3 is 2.32 bits per heavy atom. The molecule has 136 valence electrons. The minimum absolute atomic E-state index is 0.162. The molecule has 0 aromatic carbocycles. The van der Waals surface area contributed by atoms with Gasteiger partial charge in [0.05, 0.1) is 32.2 Å². The van der Waals surface area contributed by atoms with Crippen molar-refractivity contribution in [2.45, 2.75) is 6.92 Å². The molecule has 0 aliphatic carbocycles. The number of anilines is 1. The molecule has 0 unspecified atom stereocenters. The van der Waals surface area contributed by atoms with Crippen LogP contribution in [0.1, 0.15) is 17.4 Å². The molecule has 2 aliphatic rings. The molecule has 0 saturated carbocycles. The summed E-state index contributed by atoms with van der Waals surface area (Å²) in [6.07, 6.45) is 2.82. The maximum atomic E-state index is 12.5. The summed E-state index contributed by atoms with van der Waals surface area (Å²) in [6.45, 7) is 6.87. The van der Waals surface area contributed by atoms with Gasteiger partial charge in [-0.05, 0) is 6.92 Å². The number of aromatic nitrogens is 2. The van der Waals surface area contributed by atoms with E-state index in [2.05, 4.69) is 14.9 Å². The van der Waals surface area contributed by atoms with Crippen LogP contribution in [0.4, 0.5) is 10.6 Å². The lowest BCUT2D eigenvalue weighted by atomic mass is 10.3. The molecule has 2 aliphatic heterocycles. The van der Waals surface area contributed by atoms with Crippen molar-refractivity contribution in [1.29, 1.82) is 0 Å². The number of nitrogens with zero attached hydrogens (tertiary/aromatic N) is 5. The van der Waals surface area contributed by atoms with Gasteiger partial charge in [0, 0.05) is 39.3 Å². The Labute approximate surface area is 146 Å². The van der Waals surface area contributed by atoms with E-state index in [-0.39, 0.29) is 12.0 Å². The van der Waals surface area contributed by atoms with Gasteiger partial charge in [-0.1, -0.05) is 0 Å². The molecule has 2 fully saturated rings. The van der Waals surface area contributed by atoms with Gasteiger partial charge >= 0.3 is 6.09 Å². The van der Waals surface area contributed by atoms with Gasteiger partial charge in [-0.15, -0.1) is 0 Å². The van der Waals surface area contributed by atoms with Gasteiger partial charge in [0.25, 0.3) is 5.91 Å². The third-order valence-corrected chi connectivity index (χ3v) is 4.29. The van der Waals surface area contributed by atoms with Gasteiger partial charge in [0.15, 0.2) is 0 Å². The van der Waals surface area contributed by atoms with Crippen LogP contribution in [0, 0.1) is 0 Å². The Morgan fingerprint density at radius 2 is 1.72 bits per heavy atom. The van der Waals surface area contributed by atoms with E-state index in [1.807, 2.05) is 0 Å². The zero-order chi connectivity index (χ0) is 17.6.